The normalized spacial score (nSPS) is 9.43. The molecule has 112 valence electrons. The number of ether oxygens (including phenoxy) is 1. The summed E-state index contributed by atoms with van der Waals surface area (Å²) in [5, 5.41) is 11.4. The van der Waals surface area contributed by atoms with Gasteiger partial charge in [-0.2, -0.15) is 0 Å². The highest BCUT2D eigenvalue weighted by atomic mass is 16.5. The Morgan fingerprint density at radius 3 is 2.81 bits per heavy atom. The van der Waals surface area contributed by atoms with Crippen LogP contribution in [0.15, 0.2) is 24.3 Å². The fraction of sp³-hybridized carbons (Fsp3) is 0.375. The van der Waals surface area contributed by atoms with Gasteiger partial charge in [0.2, 0.25) is 0 Å². The van der Waals surface area contributed by atoms with Gasteiger partial charge in [0, 0.05) is 18.5 Å². The molecule has 0 saturated heterocycles. The molecule has 0 aliphatic carbocycles. The van der Waals surface area contributed by atoms with Gasteiger partial charge in [0.05, 0.1) is 25.2 Å². The molecule has 0 unspecified atom stereocenters. The lowest BCUT2D eigenvalue weighted by Crippen LogP contribution is -2.27. The zero-order valence-electron chi connectivity index (χ0n) is 12.0. The summed E-state index contributed by atoms with van der Waals surface area (Å²) in [4.78, 5) is 23.2. The molecule has 5 nitrogen and oxygen atoms in total. The summed E-state index contributed by atoms with van der Waals surface area (Å²) in [7, 11) is 0. The minimum Gasteiger partial charge on any atom is -0.466 e. The number of aliphatic hydroxyl groups is 1. The second-order valence-corrected chi connectivity index (χ2v) is 4.13. The van der Waals surface area contributed by atoms with Gasteiger partial charge in [0.15, 0.2) is 0 Å². The molecule has 0 aliphatic rings. The maximum atomic E-state index is 12.1. The lowest BCUT2D eigenvalue weighted by molar-refractivity contribution is -0.142. The monoisotopic (exact) mass is 289 g/mol. The molecule has 0 fully saturated rings. The van der Waals surface area contributed by atoms with Crippen LogP contribution in [0, 0.1) is 11.8 Å². The number of benzene rings is 1. The largest absolute Gasteiger partial charge is 0.466 e. The van der Waals surface area contributed by atoms with Crippen molar-refractivity contribution in [2.45, 2.75) is 19.8 Å². The third kappa shape index (κ3) is 6.11. The first-order valence-corrected chi connectivity index (χ1v) is 6.81. The Kier molecular flexibility index (Phi) is 7.62. The third-order valence-electron chi connectivity index (χ3n) is 2.55. The van der Waals surface area contributed by atoms with E-state index in [1.807, 2.05) is 0 Å². The van der Waals surface area contributed by atoms with E-state index in [1.54, 1.807) is 31.2 Å². The summed E-state index contributed by atoms with van der Waals surface area (Å²) in [6.07, 6.45) is 0.497. The summed E-state index contributed by atoms with van der Waals surface area (Å²) >= 11 is 0. The first kappa shape index (κ1) is 16.7. The van der Waals surface area contributed by atoms with E-state index >= 15 is 0 Å². The maximum Gasteiger partial charge on any atom is 0.307 e. The van der Waals surface area contributed by atoms with Crippen LogP contribution < -0.4 is 5.32 Å². The van der Waals surface area contributed by atoms with Crippen LogP contribution in [0.25, 0.3) is 0 Å². The van der Waals surface area contributed by atoms with Crippen LogP contribution in [0.3, 0.4) is 0 Å². The van der Waals surface area contributed by atoms with E-state index in [9.17, 15) is 9.59 Å². The van der Waals surface area contributed by atoms with Gasteiger partial charge < -0.3 is 15.2 Å². The fourth-order valence-electron chi connectivity index (χ4n) is 1.61. The number of esters is 1. The standard InChI is InChI=1S/C16H19NO4/c1-2-21-15(19)10-11-17-16(20)14-9-4-3-7-13(14)8-5-6-12-18/h3-4,7,9,18H,2,6,10-12H2,1H3,(H,17,20). The smallest absolute Gasteiger partial charge is 0.307 e. The maximum absolute atomic E-state index is 12.1. The molecule has 0 saturated carbocycles. The molecule has 1 rings (SSSR count). The molecule has 1 amide bonds. The van der Waals surface area contributed by atoms with Gasteiger partial charge in [-0.25, -0.2) is 0 Å². The lowest BCUT2D eigenvalue weighted by atomic mass is 10.1. The zero-order chi connectivity index (χ0) is 15.5. The third-order valence-corrected chi connectivity index (χ3v) is 2.55. The number of amides is 1. The minimum absolute atomic E-state index is 0.0130. The van der Waals surface area contributed by atoms with Crippen molar-refractivity contribution < 1.29 is 19.4 Å². The Labute approximate surface area is 124 Å². The zero-order valence-corrected chi connectivity index (χ0v) is 12.0. The quantitative estimate of drug-likeness (QED) is 0.607. The first-order valence-electron chi connectivity index (χ1n) is 6.81. The van der Waals surface area contributed by atoms with Crippen LogP contribution in [0.2, 0.25) is 0 Å². The second kappa shape index (κ2) is 9.56. The molecule has 21 heavy (non-hydrogen) atoms. The van der Waals surface area contributed by atoms with E-state index in [0.717, 1.165) is 0 Å². The van der Waals surface area contributed by atoms with Crippen molar-refractivity contribution in [3.63, 3.8) is 0 Å². The van der Waals surface area contributed by atoms with Crippen LogP contribution in [-0.2, 0) is 9.53 Å². The molecular weight excluding hydrogens is 270 g/mol. The molecule has 1 aromatic carbocycles. The summed E-state index contributed by atoms with van der Waals surface area (Å²) in [5.74, 6) is 5.01. The van der Waals surface area contributed by atoms with Crippen LogP contribution in [0.4, 0.5) is 0 Å². The summed E-state index contributed by atoms with van der Waals surface area (Å²) in [6.45, 7) is 2.27. The van der Waals surface area contributed by atoms with Gasteiger partial charge in [-0.1, -0.05) is 24.0 Å². The van der Waals surface area contributed by atoms with Crippen molar-refractivity contribution in [1.82, 2.24) is 5.32 Å². The molecule has 0 aliphatic heterocycles. The van der Waals surface area contributed by atoms with Gasteiger partial charge in [-0.05, 0) is 19.1 Å². The number of hydrogen-bond donors (Lipinski definition) is 2. The number of carbonyl (C=O) groups is 2. The van der Waals surface area contributed by atoms with Gasteiger partial charge in [-0.15, -0.1) is 0 Å². The van der Waals surface area contributed by atoms with E-state index in [2.05, 4.69) is 17.2 Å². The SMILES string of the molecule is CCOC(=O)CCNC(=O)c1ccccc1C#CCCO. The Morgan fingerprint density at radius 1 is 1.33 bits per heavy atom. The molecule has 0 spiro atoms. The molecule has 0 atom stereocenters. The van der Waals surface area contributed by atoms with Crippen molar-refractivity contribution in [2.24, 2.45) is 0 Å². The Balaban J connectivity index is 2.62. The predicted molar refractivity (Wildman–Crippen MR) is 78.6 cm³/mol. The van der Waals surface area contributed by atoms with E-state index < -0.39 is 0 Å². The average molecular weight is 289 g/mol. The molecule has 0 heterocycles. The van der Waals surface area contributed by atoms with Crippen LogP contribution in [-0.4, -0.2) is 36.7 Å². The molecule has 5 heteroatoms. The molecule has 0 bridgehead atoms. The second-order valence-electron chi connectivity index (χ2n) is 4.13. The molecule has 0 aromatic heterocycles. The van der Waals surface area contributed by atoms with Gasteiger partial charge in [0.1, 0.15) is 0 Å². The Hall–Kier alpha value is -2.32. The molecule has 2 N–H and O–H groups in total. The van der Waals surface area contributed by atoms with E-state index in [4.69, 9.17) is 9.84 Å². The van der Waals surface area contributed by atoms with Crippen molar-refractivity contribution >= 4 is 11.9 Å². The predicted octanol–water partition coefficient (Wildman–Crippen LogP) is 1.10. The number of nitrogens with one attached hydrogen (secondary N) is 1. The number of aliphatic hydroxyl groups excluding tert-OH is 1. The first-order chi connectivity index (χ1) is 10.2. The van der Waals surface area contributed by atoms with Crippen molar-refractivity contribution in [1.29, 1.82) is 0 Å². The minimum atomic E-state index is -0.339. The van der Waals surface area contributed by atoms with Crippen molar-refractivity contribution in [2.75, 3.05) is 19.8 Å². The lowest BCUT2D eigenvalue weighted by Gasteiger charge is -2.06. The van der Waals surface area contributed by atoms with Crippen LogP contribution in [0.5, 0.6) is 0 Å². The van der Waals surface area contributed by atoms with Gasteiger partial charge in [-0.3, -0.25) is 9.59 Å². The molecule has 1 aromatic rings. The number of carbonyl (C=O) groups excluding carboxylic acids is 2. The van der Waals surface area contributed by atoms with E-state index in [1.165, 1.54) is 0 Å². The highest BCUT2D eigenvalue weighted by molar-refractivity contribution is 5.96. The highest BCUT2D eigenvalue weighted by Crippen LogP contribution is 2.07. The number of hydrogen-bond acceptors (Lipinski definition) is 4. The van der Waals surface area contributed by atoms with Crippen molar-refractivity contribution in [3.8, 4) is 11.8 Å². The fourth-order valence-corrected chi connectivity index (χ4v) is 1.61. The summed E-state index contributed by atoms with van der Waals surface area (Å²) in [5.41, 5.74) is 1.05. The molecular formula is C16H19NO4. The van der Waals surface area contributed by atoms with Crippen LogP contribution in [0.1, 0.15) is 35.7 Å². The molecule has 0 radical (unpaired) electrons. The topological polar surface area (TPSA) is 75.6 Å². The summed E-state index contributed by atoms with van der Waals surface area (Å²) < 4.78 is 4.78. The average Bonchev–Trinajstić information content (AvgIpc) is 2.48. The van der Waals surface area contributed by atoms with Crippen LogP contribution >= 0.6 is 0 Å². The van der Waals surface area contributed by atoms with E-state index in [-0.39, 0.29) is 31.4 Å². The van der Waals surface area contributed by atoms with Gasteiger partial charge in [0.25, 0.3) is 5.91 Å². The van der Waals surface area contributed by atoms with Crippen molar-refractivity contribution in [3.05, 3.63) is 35.4 Å². The Morgan fingerprint density at radius 2 is 2.10 bits per heavy atom. The van der Waals surface area contributed by atoms with E-state index in [0.29, 0.717) is 24.2 Å². The van der Waals surface area contributed by atoms with Gasteiger partial charge >= 0.3 is 5.97 Å². The number of rotatable bonds is 6. The highest BCUT2D eigenvalue weighted by Gasteiger charge is 2.10. The Bertz CT molecular complexity index is 543. The summed E-state index contributed by atoms with van der Waals surface area (Å²) in [6, 6.07) is 6.95.